The Morgan fingerprint density at radius 3 is 2.34 bits per heavy atom. The molecule has 7 nitrogen and oxygen atoms in total. The van der Waals surface area contributed by atoms with Crippen molar-refractivity contribution < 1.29 is 27.8 Å². The Morgan fingerprint density at radius 1 is 1.10 bits per heavy atom. The lowest BCUT2D eigenvalue weighted by Crippen LogP contribution is -2.23. The molecule has 0 fully saturated rings. The number of ether oxygens (including phenoxy) is 1. The highest BCUT2D eigenvalue weighted by Gasteiger charge is 2.30. The Hall–Kier alpha value is -3.21. The van der Waals surface area contributed by atoms with Gasteiger partial charge in [0.2, 0.25) is 0 Å². The summed E-state index contributed by atoms with van der Waals surface area (Å²) in [5.74, 6) is -0.492. The number of hydrogen-bond acceptors (Lipinski definition) is 5. The first-order valence-electron chi connectivity index (χ1n) is 8.13. The molecule has 0 unspecified atom stereocenters. The smallest absolute Gasteiger partial charge is 0.416 e. The second-order valence-corrected chi connectivity index (χ2v) is 6.77. The van der Waals surface area contributed by atoms with Crippen LogP contribution in [0.1, 0.15) is 5.56 Å². The third kappa shape index (κ3) is 5.19. The summed E-state index contributed by atoms with van der Waals surface area (Å²) in [7, 11) is 0. The molecule has 0 spiro atoms. The zero-order chi connectivity index (χ0) is 21.0. The highest BCUT2D eigenvalue weighted by molar-refractivity contribution is 7.98. The maximum absolute atomic E-state index is 12.6. The number of carbonyl (C=O) groups is 1. The molecule has 0 aliphatic rings. The third-order valence-corrected chi connectivity index (χ3v) is 4.72. The van der Waals surface area contributed by atoms with Gasteiger partial charge >= 0.3 is 17.8 Å². The van der Waals surface area contributed by atoms with Crippen LogP contribution in [0.4, 0.5) is 13.2 Å². The van der Waals surface area contributed by atoms with E-state index in [1.165, 1.54) is 34.9 Å². The first-order valence-corrected chi connectivity index (χ1v) is 9.12. The van der Waals surface area contributed by atoms with E-state index < -0.39 is 30.0 Å². The molecule has 2 aromatic carbocycles. The summed E-state index contributed by atoms with van der Waals surface area (Å²) >= 11 is 1.30. The van der Waals surface area contributed by atoms with Gasteiger partial charge in [-0.05, 0) is 48.5 Å². The molecule has 3 rings (SSSR count). The van der Waals surface area contributed by atoms with Gasteiger partial charge in [-0.1, -0.05) is 0 Å². The summed E-state index contributed by atoms with van der Waals surface area (Å²) in [6.45, 7) is -0.441. The topological polar surface area (TPSA) is 86.3 Å². The molecule has 1 aromatic heterocycles. The van der Waals surface area contributed by atoms with Gasteiger partial charge in [0.1, 0.15) is 12.1 Å². The van der Waals surface area contributed by atoms with Crippen molar-refractivity contribution in [2.24, 2.45) is 0 Å². The molecule has 0 saturated carbocycles. The number of hydrogen-bond donors (Lipinski definition) is 1. The van der Waals surface area contributed by atoms with E-state index in [-0.39, 0.29) is 11.6 Å². The van der Waals surface area contributed by atoms with E-state index in [0.29, 0.717) is 5.75 Å². The number of carboxylic acids is 1. The average Bonchev–Trinajstić information content (AvgIpc) is 3.05. The van der Waals surface area contributed by atoms with E-state index in [1.807, 2.05) is 0 Å². The van der Waals surface area contributed by atoms with Gasteiger partial charge in [-0.2, -0.15) is 18.3 Å². The maximum Gasteiger partial charge on any atom is 0.416 e. The normalized spacial score (nSPS) is 11.4. The number of nitrogens with zero attached hydrogens (tertiary/aromatic N) is 3. The number of alkyl halides is 3. The average molecular weight is 425 g/mol. The molecular weight excluding hydrogens is 411 g/mol. The van der Waals surface area contributed by atoms with E-state index in [0.717, 1.165) is 21.6 Å². The fraction of sp³-hybridized carbons (Fsp3) is 0.167. The van der Waals surface area contributed by atoms with Gasteiger partial charge in [0.25, 0.3) is 0 Å². The minimum absolute atomic E-state index is 0.182. The minimum Gasteiger partial charge on any atom is -0.482 e. The van der Waals surface area contributed by atoms with Crippen LogP contribution < -0.4 is 10.4 Å². The van der Waals surface area contributed by atoms with Crippen LogP contribution in [0.25, 0.3) is 5.69 Å². The quantitative estimate of drug-likeness (QED) is 0.585. The number of rotatable bonds is 7. The van der Waals surface area contributed by atoms with Crippen molar-refractivity contribution in [3.05, 3.63) is 70.9 Å². The van der Waals surface area contributed by atoms with Crippen molar-refractivity contribution in [3.63, 3.8) is 0 Å². The minimum atomic E-state index is -4.45. The van der Waals surface area contributed by atoms with Crippen LogP contribution in [-0.2, 0) is 16.8 Å². The molecule has 29 heavy (non-hydrogen) atoms. The Bertz CT molecular complexity index is 1040. The standard InChI is InChI=1S/C18H14F3N3O4S/c19-18(20,21)12-1-3-13(4-2-12)23-10-22-24(17(23)27)11-29-15-7-5-14(6-8-15)28-9-16(25)26/h1-8,10H,9,11H2,(H,25,26). The van der Waals surface area contributed by atoms with Gasteiger partial charge in [-0.15, -0.1) is 11.8 Å². The maximum atomic E-state index is 12.6. The highest BCUT2D eigenvalue weighted by Crippen LogP contribution is 2.29. The van der Waals surface area contributed by atoms with Gasteiger partial charge in [-0.3, -0.25) is 0 Å². The fourth-order valence-electron chi connectivity index (χ4n) is 2.33. The van der Waals surface area contributed by atoms with E-state index in [4.69, 9.17) is 9.84 Å². The Morgan fingerprint density at radius 2 is 1.76 bits per heavy atom. The molecule has 0 radical (unpaired) electrons. The van der Waals surface area contributed by atoms with Gasteiger partial charge in [-0.25, -0.2) is 18.8 Å². The van der Waals surface area contributed by atoms with Gasteiger partial charge in [0.05, 0.1) is 17.1 Å². The molecule has 0 amide bonds. The van der Waals surface area contributed by atoms with Crippen molar-refractivity contribution in [2.45, 2.75) is 16.9 Å². The van der Waals surface area contributed by atoms with Crippen LogP contribution in [-0.4, -0.2) is 32.0 Å². The molecule has 3 aromatic rings. The van der Waals surface area contributed by atoms with Crippen LogP contribution in [0.3, 0.4) is 0 Å². The second kappa shape index (κ2) is 8.43. The van der Waals surface area contributed by atoms with Crippen molar-refractivity contribution >= 4 is 17.7 Å². The summed E-state index contributed by atoms with van der Waals surface area (Å²) < 4.78 is 45.3. The summed E-state index contributed by atoms with van der Waals surface area (Å²) in [5.41, 5.74) is -1.01. The molecule has 0 saturated heterocycles. The third-order valence-electron chi connectivity index (χ3n) is 3.75. The Labute approximate surface area is 166 Å². The number of halogens is 3. The van der Waals surface area contributed by atoms with Crippen molar-refractivity contribution in [1.82, 2.24) is 14.3 Å². The number of aromatic nitrogens is 3. The molecule has 1 N–H and O–H groups in total. The predicted molar refractivity (Wildman–Crippen MR) is 98.3 cm³/mol. The van der Waals surface area contributed by atoms with E-state index in [2.05, 4.69) is 5.10 Å². The number of thioether (sulfide) groups is 1. The largest absolute Gasteiger partial charge is 0.482 e. The van der Waals surface area contributed by atoms with E-state index >= 15 is 0 Å². The van der Waals surface area contributed by atoms with Crippen LogP contribution in [0, 0.1) is 0 Å². The lowest BCUT2D eigenvalue weighted by Gasteiger charge is -2.07. The molecule has 0 aliphatic carbocycles. The Kier molecular flexibility index (Phi) is 5.97. The predicted octanol–water partition coefficient (Wildman–Crippen LogP) is 3.27. The van der Waals surface area contributed by atoms with Crippen LogP contribution in [0.2, 0.25) is 0 Å². The SMILES string of the molecule is O=C(O)COc1ccc(SCn2ncn(-c3ccc(C(F)(F)F)cc3)c2=O)cc1. The molecule has 0 bridgehead atoms. The number of carboxylic acid groups (broad SMARTS) is 1. The molecule has 0 aliphatic heterocycles. The zero-order valence-corrected chi connectivity index (χ0v) is 15.5. The lowest BCUT2D eigenvalue weighted by molar-refractivity contribution is -0.139. The van der Waals surface area contributed by atoms with Gasteiger partial charge in [0, 0.05) is 4.90 Å². The van der Waals surface area contributed by atoms with E-state index in [1.54, 1.807) is 24.3 Å². The van der Waals surface area contributed by atoms with Gasteiger partial charge in [0.15, 0.2) is 6.61 Å². The van der Waals surface area contributed by atoms with Crippen molar-refractivity contribution in [2.75, 3.05) is 6.61 Å². The van der Waals surface area contributed by atoms with Crippen LogP contribution in [0.5, 0.6) is 5.75 Å². The number of benzene rings is 2. The fourth-order valence-corrected chi connectivity index (χ4v) is 3.10. The monoisotopic (exact) mass is 425 g/mol. The highest BCUT2D eigenvalue weighted by atomic mass is 32.2. The Balaban J connectivity index is 1.65. The lowest BCUT2D eigenvalue weighted by atomic mass is 10.2. The van der Waals surface area contributed by atoms with E-state index in [9.17, 15) is 22.8 Å². The van der Waals surface area contributed by atoms with Gasteiger partial charge < -0.3 is 9.84 Å². The first kappa shape index (κ1) is 20.5. The summed E-state index contributed by atoms with van der Waals surface area (Å²) in [4.78, 5) is 23.7. The molecule has 0 atom stereocenters. The second-order valence-electron chi connectivity index (χ2n) is 5.75. The summed E-state index contributed by atoms with van der Waals surface area (Å²) in [6, 6.07) is 10.9. The first-order chi connectivity index (χ1) is 13.7. The van der Waals surface area contributed by atoms with Crippen LogP contribution in [0.15, 0.2) is 64.5 Å². The molecule has 152 valence electrons. The number of aliphatic carboxylic acids is 1. The summed E-state index contributed by atoms with van der Waals surface area (Å²) in [5, 5.41) is 12.6. The van der Waals surface area contributed by atoms with Crippen LogP contribution >= 0.6 is 11.8 Å². The van der Waals surface area contributed by atoms with Crippen molar-refractivity contribution in [3.8, 4) is 11.4 Å². The zero-order valence-electron chi connectivity index (χ0n) is 14.7. The molecule has 1 heterocycles. The van der Waals surface area contributed by atoms with Crippen molar-refractivity contribution in [1.29, 1.82) is 0 Å². The molecule has 11 heteroatoms. The summed E-state index contributed by atoms with van der Waals surface area (Å²) in [6.07, 6.45) is -3.20. The molecular formula is C18H14F3N3O4S.